The number of methoxy groups -OCH3 is 1. The number of halogens is 1. The molecule has 0 spiro atoms. The molecular formula is C11H11ClN2O3. The van der Waals surface area contributed by atoms with Crippen LogP contribution in [0.5, 0.6) is 5.75 Å². The number of rotatable bonds is 4. The van der Waals surface area contributed by atoms with Gasteiger partial charge in [0.05, 0.1) is 13.5 Å². The lowest BCUT2D eigenvalue weighted by molar-refractivity contribution is -0.137. The van der Waals surface area contributed by atoms with Gasteiger partial charge in [0.2, 0.25) is 0 Å². The van der Waals surface area contributed by atoms with Crippen LogP contribution in [0.25, 0.3) is 5.52 Å². The second-order valence-electron chi connectivity index (χ2n) is 3.51. The van der Waals surface area contributed by atoms with Crippen LogP contribution in [0.4, 0.5) is 0 Å². The summed E-state index contributed by atoms with van der Waals surface area (Å²) in [5.41, 5.74) is 0.664. The molecule has 2 rings (SSSR count). The van der Waals surface area contributed by atoms with Crippen molar-refractivity contribution >= 4 is 23.1 Å². The third kappa shape index (κ3) is 2.19. The van der Waals surface area contributed by atoms with Crippen LogP contribution in [0.3, 0.4) is 0 Å². The average Bonchev–Trinajstić information content (AvgIpc) is 2.64. The van der Waals surface area contributed by atoms with Crippen molar-refractivity contribution in [3.05, 3.63) is 29.3 Å². The van der Waals surface area contributed by atoms with Gasteiger partial charge < -0.3 is 9.84 Å². The molecule has 90 valence electrons. The van der Waals surface area contributed by atoms with Crippen LogP contribution >= 0.6 is 11.6 Å². The number of hydrogen-bond donors (Lipinski definition) is 1. The van der Waals surface area contributed by atoms with Crippen LogP contribution in [0.1, 0.15) is 12.2 Å². The van der Waals surface area contributed by atoms with Crippen molar-refractivity contribution in [3.8, 4) is 5.75 Å². The molecule has 0 bridgehead atoms. The highest BCUT2D eigenvalue weighted by Crippen LogP contribution is 2.27. The number of ether oxygens (including phenoxy) is 1. The summed E-state index contributed by atoms with van der Waals surface area (Å²) < 4.78 is 6.94. The van der Waals surface area contributed by atoms with E-state index in [4.69, 9.17) is 21.4 Å². The van der Waals surface area contributed by atoms with Crippen LogP contribution < -0.4 is 4.74 Å². The largest absolute Gasteiger partial charge is 0.494 e. The van der Waals surface area contributed by atoms with E-state index in [0.717, 1.165) is 0 Å². The van der Waals surface area contributed by atoms with Gasteiger partial charge in [-0.1, -0.05) is 11.6 Å². The number of pyridine rings is 1. The number of carbonyl (C=O) groups is 1. The van der Waals surface area contributed by atoms with Crippen LogP contribution in [0.2, 0.25) is 5.15 Å². The standard InChI is InChI=1S/C11H11ClN2O3/c1-17-7-3-2-6-14-8(4-5-9(15)16)13-11(12)10(7)14/h2-3,6H,4-5H2,1H3,(H,15,16). The molecule has 0 unspecified atom stereocenters. The van der Waals surface area contributed by atoms with E-state index in [0.29, 0.717) is 28.7 Å². The van der Waals surface area contributed by atoms with E-state index in [9.17, 15) is 4.79 Å². The fraction of sp³-hybridized carbons (Fsp3) is 0.273. The highest BCUT2D eigenvalue weighted by atomic mass is 35.5. The lowest BCUT2D eigenvalue weighted by Crippen LogP contribution is -2.01. The first kappa shape index (κ1) is 11.7. The third-order valence-corrected chi connectivity index (χ3v) is 2.70. The van der Waals surface area contributed by atoms with E-state index >= 15 is 0 Å². The first-order valence-electron chi connectivity index (χ1n) is 5.04. The van der Waals surface area contributed by atoms with Gasteiger partial charge >= 0.3 is 5.97 Å². The van der Waals surface area contributed by atoms with Crippen LogP contribution in [0.15, 0.2) is 18.3 Å². The van der Waals surface area contributed by atoms with Crippen molar-refractivity contribution in [2.24, 2.45) is 0 Å². The van der Waals surface area contributed by atoms with E-state index in [-0.39, 0.29) is 6.42 Å². The van der Waals surface area contributed by atoms with Gasteiger partial charge in [0, 0.05) is 12.6 Å². The zero-order valence-corrected chi connectivity index (χ0v) is 9.94. The quantitative estimate of drug-likeness (QED) is 0.907. The summed E-state index contributed by atoms with van der Waals surface area (Å²) in [7, 11) is 1.55. The van der Waals surface area contributed by atoms with Gasteiger partial charge in [0.1, 0.15) is 17.1 Å². The van der Waals surface area contributed by atoms with Gasteiger partial charge in [0.25, 0.3) is 0 Å². The summed E-state index contributed by atoms with van der Waals surface area (Å²) in [5, 5.41) is 8.98. The van der Waals surface area contributed by atoms with Crippen molar-refractivity contribution < 1.29 is 14.6 Å². The lowest BCUT2D eigenvalue weighted by Gasteiger charge is -2.03. The molecule has 2 aromatic heterocycles. The Bertz CT molecular complexity index is 565. The number of fused-ring (bicyclic) bond motifs is 1. The summed E-state index contributed by atoms with van der Waals surface area (Å²) in [6.07, 6.45) is 2.14. The molecule has 17 heavy (non-hydrogen) atoms. The van der Waals surface area contributed by atoms with Gasteiger partial charge in [-0.05, 0) is 12.1 Å². The first-order valence-corrected chi connectivity index (χ1v) is 5.42. The summed E-state index contributed by atoms with van der Waals surface area (Å²) in [6.45, 7) is 0. The Labute approximate surface area is 103 Å². The molecular weight excluding hydrogens is 244 g/mol. The number of aryl methyl sites for hydroxylation is 1. The molecule has 0 aliphatic heterocycles. The first-order chi connectivity index (χ1) is 8.13. The van der Waals surface area contributed by atoms with Gasteiger partial charge in [-0.3, -0.25) is 9.20 Å². The summed E-state index contributed by atoms with van der Waals surface area (Å²) in [4.78, 5) is 14.7. The van der Waals surface area contributed by atoms with Crippen molar-refractivity contribution in [1.29, 1.82) is 0 Å². The molecule has 0 amide bonds. The lowest BCUT2D eigenvalue weighted by atomic mass is 10.3. The molecule has 2 aromatic rings. The Morgan fingerprint density at radius 1 is 1.65 bits per heavy atom. The Balaban J connectivity index is 2.48. The summed E-state index contributed by atoms with van der Waals surface area (Å²) >= 11 is 6.02. The second kappa shape index (κ2) is 4.63. The Kier molecular flexibility index (Phi) is 3.19. The number of hydrogen-bond acceptors (Lipinski definition) is 3. The average molecular weight is 255 g/mol. The molecule has 6 heteroatoms. The molecule has 0 aromatic carbocycles. The normalized spacial score (nSPS) is 10.7. The van der Waals surface area contributed by atoms with Crippen molar-refractivity contribution in [2.75, 3.05) is 7.11 Å². The predicted molar refractivity (Wildman–Crippen MR) is 62.7 cm³/mol. The molecule has 0 fully saturated rings. The van der Waals surface area contributed by atoms with Crippen LogP contribution in [-0.4, -0.2) is 27.6 Å². The summed E-state index contributed by atoms with van der Waals surface area (Å²) in [5.74, 6) is 0.374. The zero-order valence-electron chi connectivity index (χ0n) is 9.18. The molecule has 1 N–H and O–H groups in total. The minimum absolute atomic E-state index is 0.0205. The van der Waals surface area contributed by atoms with Crippen molar-refractivity contribution in [2.45, 2.75) is 12.8 Å². The topological polar surface area (TPSA) is 63.8 Å². The number of carboxylic acids is 1. The highest BCUT2D eigenvalue weighted by Gasteiger charge is 2.13. The Morgan fingerprint density at radius 3 is 3.06 bits per heavy atom. The van der Waals surface area contributed by atoms with E-state index in [1.54, 1.807) is 29.8 Å². The van der Waals surface area contributed by atoms with Crippen molar-refractivity contribution in [1.82, 2.24) is 9.38 Å². The molecule has 0 aliphatic rings. The molecule has 0 saturated heterocycles. The molecule has 0 atom stereocenters. The molecule has 0 aliphatic carbocycles. The molecule has 0 radical (unpaired) electrons. The van der Waals surface area contributed by atoms with Crippen LogP contribution in [0, 0.1) is 0 Å². The Hall–Kier alpha value is -1.75. The van der Waals surface area contributed by atoms with E-state index in [2.05, 4.69) is 4.98 Å². The highest BCUT2D eigenvalue weighted by molar-refractivity contribution is 6.33. The van der Waals surface area contributed by atoms with E-state index < -0.39 is 5.97 Å². The minimum Gasteiger partial charge on any atom is -0.494 e. The number of aliphatic carboxylic acids is 1. The maximum atomic E-state index is 10.5. The fourth-order valence-electron chi connectivity index (χ4n) is 1.68. The molecule has 0 saturated carbocycles. The summed E-state index contributed by atoms with van der Waals surface area (Å²) in [6, 6.07) is 3.58. The molecule has 2 heterocycles. The smallest absolute Gasteiger partial charge is 0.303 e. The zero-order chi connectivity index (χ0) is 12.4. The third-order valence-electron chi connectivity index (χ3n) is 2.44. The minimum atomic E-state index is -0.860. The number of aromatic nitrogens is 2. The number of nitrogens with zero attached hydrogens (tertiary/aromatic N) is 2. The fourth-order valence-corrected chi connectivity index (χ4v) is 1.97. The van der Waals surface area contributed by atoms with Gasteiger partial charge in [0.15, 0.2) is 5.15 Å². The SMILES string of the molecule is COc1cccn2c(CCC(=O)O)nc(Cl)c12. The Morgan fingerprint density at radius 2 is 2.41 bits per heavy atom. The van der Waals surface area contributed by atoms with Crippen molar-refractivity contribution in [3.63, 3.8) is 0 Å². The van der Waals surface area contributed by atoms with Gasteiger partial charge in [-0.15, -0.1) is 0 Å². The van der Waals surface area contributed by atoms with E-state index in [1.807, 2.05) is 0 Å². The second-order valence-corrected chi connectivity index (χ2v) is 3.87. The number of imidazole rings is 1. The predicted octanol–water partition coefficient (Wildman–Crippen LogP) is 2.01. The van der Waals surface area contributed by atoms with Crippen LogP contribution in [-0.2, 0) is 11.2 Å². The monoisotopic (exact) mass is 254 g/mol. The van der Waals surface area contributed by atoms with Gasteiger partial charge in [-0.2, -0.15) is 0 Å². The molecule has 5 nitrogen and oxygen atoms in total. The maximum Gasteiger partial charge on any atom is 0.303 e. The van der Waals surface area contributed by atoms with E-state index in [1.165, 1.54) is 0 Å². The maximum absolute atomic E-state index is 10.5. The number of carboxylic acid groups (broad SMARTS) is 1. The van der Waals surface area contributed by atoms with Gasteiger partial charge in [-0.25, -0.2) is 4.98 Å².